The van der Waals surface area contributed by atoms with E-state index in [-0.39, 0.29) is 29.6 Å². The molecule has 7 nitrogen and oxygen atoms in total. The van der Waals surface area contributed by atoms with Gasteiger partial charge in [0.15, 0.2) is 0 Å². The molecule has 2 amide bonds. The van der Waals surface area contributed by atoms with Gasteiger partial charge in [0.05, 0.1) is 10.6 Å². The third-order valence-corrected chi connectivity index (χ3v) is 6.33. The van der Waals surface area contributed by atoms with Crippen LogP contribution in [-0.2, 0) is 19.6 Å². The van der Waals surface area contributed by atoms with Gasteiger partial charge in [-0.25, -0.2) is 13.1 Å². The average Bonchev–Trinajstić information content (AvgIpc) is 3.07. The fourth-order valence-corrected chi connectivity index (χ4v) is 4.38. The van der Waals surface area contributed by atoms with Crippen molar-refractivity contribution >= 4 is 33.2 Å². The van der Waals surface area contributed by atoms with Crippen molar-refractivity contribution in [1.29, 1.82) is 0 Å². The van der Waals surface area contributed by atoms with Crippen LogP contribution in [0.5, 0.6) is 0 Å². The van der Waals surface area contributed by atoms with Crippen molar-refractivity contribution in [2.75, 3.05) is 29.4 Å². The van der Waals surface area contributed by atoms with Crippen LogP contribution in [0.15, 0.2) is 59.5 Å². The zero-order chi connectivity index (χ0) is 20.9. The molecule has 0 unspecified atom stereocenters. The highest BCUT2D eigenvalue weighted by Gasteiger charge is 2.30. The Balaban J connectivity index is 1.55. The van der Waals surface area contributed by atoms with Crippen molar-refractivity contribution < 1.29 is 18.0 Å². The number of sulfonamides is 1. The van der Waals surface area contributed by atoms with Crippen molar-refractivity contribution in [1.82, 2.24) is 4.72 Å². The zero-order valence-corrected chi connectivity index (χ0v) is 17.2. The molecule has 1 N–H and O–H groups in total. The van der Waals surface area contributed by atoms with E-state index in [9.17, 15) is 18.0 Å². The Morgan fingerprint density at radius 3 is 2.17 bits per heavy atom. The first kappa shape index (κ1) is 21.0. The average molecular weight is 416 g/mol. The number of nitrogens with one attached hydrogen (secondary N) is 1. The Kier molecular flexibility index (Phi) is 6.66. The number of benzene rings is 2. The Labute approximate surface area is 171 Å². The summed E-state index contributed by atoms with van der Waals surface area (Å²) in [6.45, 7) is 3.96. The number of rotatable bonds is 9. The number of para-hydroxylation sites is 1. The maximum absolute atomic E-state index is 12.5. The predicted molar refractivity (Wildman–Crippen MR) is 112 cm³/mol. The Bertz CT molecular complexity index is 943. The van der Waals surface area contributed by atoms with Gasteiger partial charge in [-0.15, -0.1) is 0 Å². The Morgan fingerprint density at radius 2 is 1.59 bits per heavy atom. The topological polar surface area (TPSA) is 86.8 Å². The fourth-order valence-electron chi connectivity index (χ4n) is 3.31. The van der Waals surface area contributed by atoms with Crippen LogP contribution in [0.1, 0.15) is 26.2 Å². The van der Waals surface area contributed by atoms with Crippen LogP contribution >= 0.6 is 0 Å². The summed E-state index contributed by atoms with van der Waals surface area (Å²) >= 11 is 0. The molecule has 0 bridgehead atoms. The number of hydrogen-bond acceptors (Lipinski definition) is 5. The molecule has 1 heterocycles. The summed E-state index contributed by atoms with van der Waals surface area (Å²) in [5.41, 5.74) is 1.51. The molecule has 1 saturated heterocycles. The minimum absolute atomic E-state index is 0.107. The number of anilines is 2. The zero-order valence-electron chi connectivity index (χ0n) is 16.4. The van der Waals surface area contributed by atoms with Gasteiger partial charge in [0.1, 0.15) is 0 Å². The molecule has 2 aromatic rings. The summed E-state index contributed by atoms with van der Waals surface area (Å²) in [4.78, 5) is 27.0. The van der Waals surface area contributed by atoms with Gasteiger partial charge in [-0.3, -0.25) is 14.5 Å². The fraction of sp³-hybridized carbons (Fsp3) is 0.333. The smallest absolute Gasteiger partial charge is 0.240 e. The second-order valence-corrected chi connectivity index (χ2v) is 8.55. The normalized spacial score (nSPS) is 14.4. The van der Waals surface area contributed by atoms with Crippen molar-refractivity contribution in [3.8, 4) is 0 Å². The number of imide groups is 1. The van der Waals surface area contributed by atoms with Crippen LogP contribution in [0.4, 0.5) is 11.4 Å². The third-order valence-electron chi connectivity index (χ3n) is 4.86. The van der Waals surface area contributed by atoms with Gasteiger partial charge in [0, 0.05) is 38.2 Å². The molecule has 154 valence electrons. The summed E-state index contributed by atoms with van der Waals surface area (Å²) in [5.74, 6) is -0.523. The van der Waals surface area contributed by atoms with Gasteiger partial charge in [0.25, 0.3) is 0 Å². The van der Waals surface area contributed by atoms with E-state index in [4.69, 9.17) is 0 Å². The van der Waals surface area contributed by atoms with E-state index in [1.54, 1.807) is 0 Å². The summed E-state index contributed by atoms with van der Waals surface area (Å²) in [7, 11) is -3.65. The molecule has 0 spiro atoms. The lowest BCUT2D eigenvalue weighted by Crippen LogP contribution is -2.30. The monoisotopic (exact) mass is 415 g/mol. The molecule has 1 fully saturated rings. The van der Waals surface area contributed by atoms with Crippen LogP contribution in [0.2, 0.25) is 0 Å². The molecule has 3 rings (SSSR count). The van der Waals surface area contributed by atoms with E-state index >= 15 is 0 Å². The van der Waals surface area contributed by atoms with Gasteiger partial charge in [-0.1, -0.05) is 18.2 Å². The molecular formula is C21H25N3O4S. The maximum Gasteiger partial charge on any atom is 0.240 e. The van der Waals surface area contributed by atoms with Gasteiger partial charge >= 0.3 is 0 Å². The largest absolute Gasteiger partial charge is 0.372 e. The molecule has 29 heavy (non-hydrogen) atoms. The highest BCUT2D eigenvalue weighted by atomic mass is 32.2. The van der Waals surface area contributed by atoms with E-state index in [1.807, 2.05) is 30.3 Å². The van der Waals surface area contributed by atoms with Crippen molar-refractivity contribution in [2.45, 2.75) is 31.1 Å². The standard InChI is InChI=1S/C21H25N3O4S/c1-2-23(17-7-4-3-5-8-17)16-6-15-22-29(27,28)19-11-9-18(10-12-19)24-20(25)13-14-21(24)26/h3-5,7-12,22H,2,6,13-16H2,1H3. The Hall–Kier alpha value is -2.71. The highest BCUT2D eigenvalue weighted by Crippen LogP contribution is 2.24. The van der Waals surface area contributed by atoms with E-state index < -0.39 is 10.0 Å². The first-order valence-corrected chi connectivity index (χ1v) is 11.2. The second-order valence-electron chi connectivity index (χ2n) is 6.78. The number of carbonyl (C=O) groups excluding carboxylic acids is 2. The lowest BCUT2D eigenvalue weighted by Gasteiger charge is -2.23. The number of carbonyl (C=O) groups is 2. The van der Waals surface area contributed by atoms with Crippen molar-refractivity contribution in [3.05, 3.63) is 54.6 Å². The molecular weight excluding hydrogens is 390 g/mol. The molecule has 1 aliphatic heterocycles. The van der Waals surface area contributed by atoms with Crippen LogP contribution in [0.3, 0.4) is 0 Å². The molecule has 0 atom stereocenters. The summed E-state index contributed by atoms with van der Waals surface area (Å²) in [6.07, 6.45) is 1.05. The minimum Gasteiger partial charge on any atom is -0.372 e. The highest BCUT2D eigenvalue weighted by molar-refractivity contribution is 7.89. The van der Waals surface area contributed by atoms with E-state index in [0.717, 1.165) is 23.7 Å². The van der Waals surface area contributed by atoms with Crippen LogP contribution < -0.4 is 14.5 Å². The summed E-state index contributed by atoms with van der Waals surface area (Å²) < 4.78 is 27.6. The van der Waals surface area contributed by atoms with Crippen LogP contribution in [-0.4, -0.2) is 39.9 Å². The van der Waals surface area contributed by atoms with Crippen LogP contribution in [0, 0.1) is 0 Å². The summed E-state index contributed by atoms with van der Waals surface area (Å²) in [5, 5.41) is 0. The predicted octanol–water partition coefficient (Wildman–Crippen LogP) is 2.53. The number of nitrogens with zero attached hydrogens (tertiary/aromatic N) is 2. The van der Waals surface area contributed by atoms with Gasteiger partial charge in [-0.05, 0) is 49.7 Å². The van der Waals surface area contributed by atoms with Gasteiger partial charge in [-0.2, -0.15) is 0 Å². The molecule has 0 radical (unpaired) electrons. The quantitative estimate of drug-likeness (QED) is 0.502. The third kappa shape index (κ3) is 5.02. The molecule has 0 saturated carbocycles. The first-order chi connectivity index (χ1) is 13.9. The minimum atomic E-state index is -3.65. The SMILES string of the molecule is CCN(CCCNS(=O)(=O)c1ccc(N2C(=O)CCC2=O)cc1)c1ccccc1. The molecule has 0 aliphatic carbocycles. The second kappa shape index (κ2) is 9.19. The Morgan fingerprint density at radius 1 is 0.966 bits per heavy atom. The number of amides is 2. The first-order valence-electron chi connectivity index (χ1n) is 9.68. The lowest BCUT2D eigenvalue weighted by molar-refractivity contribution is -0.121. The molecule has 0 aromatic heterocycles. The molecule has 2 aromatic carbocycles. The van der Waals surface area contributed by atoms with Gasteiger partial charge < -0.3 is 4.90 Å². The van der Waals surface area contributed by atoms with Crippen molar-refractivity contribution in [2.24, 2.45) is 0 Å². The molecule has 1 aliphatic rings. The molecule has 8 heteroatoms. The summed E-state index contributed by atoms with van der Waals surface area (Å²) in [6, 6.07) is 15.8. The van der Waals surface area contributed by atoms with E-state index in [0.29, 0.717) is 18.7 Å². The van der Waals surface area contributed by atoms with Crippen molar-refractivity contribution in [3.63, 3.8) is 0 Å². The lowest BCUT2D eigenvalue weighted by atomic mass is 10.2. The van der Waals surface area contributed by atoms with E-state index in [2.05, 4.69) is 16.5 Å². The van der Waals surface area contributed by atoms with Crippen LogP contribution in [0.25, 0.3) is 0 Å². The number of hydrogen-bond donors (Lipinski definition) is 1. The van der Waals surface area contributed by atoms with E-state index in [1.165, 1.54) is 24.3 Å². The van der Waals surface area contributed by atoms with Gasteiger partial charge in [0.2, 0.25) is 21.8 Å². The maximum atomic E-state index is 12.5.